The van der Waals surface area contributed by atoms with E-state index in [1.807, 2.05) is 0 Å². The van der Waals surface area contributed by atoms with Gasteiger partial charge in [0.1, 0.15) is 0 Å². The first-order valence-electron chi connectivity index (χ1n) is 23.5. The van der Waals surface area contributed by atoms with Gasteiger partial charge >= 0.3 is 0 Å². The van der Waals surface area contributed by atoms with E-state index in [2.05, 4.69) is 243 Å². The molecular weight excluding hydrogens is 805 g/mol. The lowest BCUT2D eigenvalue weighted by Crippen LogP contribution is -2.26. The van der Waals surface area contributed by atoms with Crippen LogP contribution in [0.2, 0.25) is 0 Å². The Morgan fingerprint density at radius 1 is 0.209 bits per heavy atom. The second-order valence-corrected chi connectivity index (χ2v) is 18.6. The SMILES string of the molecule is c1ccc2c(c1)-c1ccccc1C21c2cc(-c3ccc(-c4c5ccccc5c(-c5cc6ccccc6c6ccccc56)c5ccccc45)cc3)c3ccccc3c2-c2ccc3ccccc3c21. The summed E-state index contributed by atoms with van der Waals surface area (Å²) in [5.41, 5.74) is 17.8. The molecule has 0 nitrogen and oxygen atoms in total. The van der Waals surface area contributed by atoms with Crippen LogP contribution in [0, 0.1) is 0 Å². The van der Waals surface area contributed by atoms with Gasteiger partial charge in [-0.25, -0.2) is 0 Å². The first-order valence-corrected chi connectivity index (χ1v) is 23.5. The first-order chi connectivity index (χ1) is 33.3. The second kappa shape index (κ2) is 13.7. The van der Waals surface area contributed by atoms with Gasteiger partial charge in [0, 0.05) is 0 Å². The van der Waals surface area contributed by atoms with Crippen LogP contribution in [-0.4, -0.2) is 0 Å². The Hall–Kier alpha value is -8.58. The van der Waals surface area contributed by atoms with Crippen LogP contribution in [-0.2, 0) is 5.41 Å². The molecule has 15 rings (SSSR count). The smallest absolute Gasteiger partial charge is 0.0619 e. The van der Waals surface area contributed by atoms with Gasteiger partial charge in [-0.05, 0) is 155 Å². The molecule has 0 heterocycles. The van der Waals surface area contributed by atoms with Crippen molar-refractivity contribution in [1.29, 1.82) is 0 Å². The first kappa shape index (κ1) is 36.7. The largest absolute Gasteiger partial charge is 0.0731 e. The minimum Gasteiger partial charge on any atom is -0.0619 e. The van der Waals surface area contributed by atoms with Crippen LogP contribution in [0.4, 0.5) is 0 Å². The Labute approximate surface area is 388 Å². The van der Waals surface area contributed by atoms with Crippen LogP contribution >= 0.6 is 0 Å². The third-order valence-electron chi connectivity index (χ3n) is 15.4. The van der Waals surface area contributed by atoms with Gasteiger partial charge in [0.2, 0.25) is 0 Å². The summed E-state index contributed by atoms with van der Waals surface area (Å²) in [6.07, 6.45) is 0. The summed E-state index contributed by atoms with van der Waals surface area (Å²) in [6.45, 7) is 0. The third-order valence-corrected chi connectivity index (χ3v) is 15.4. The molecule has 2 aliphatic rings. The number of rotatable bonds is 3. The average Bonchev–Trinajstić information content (AvgIpc) is 3.87. The maximum Gasteiger partial charge on any atom is 0.0731 e. The molecule has 0 saturated heterocycles. The third kappa shape index (κ3) is 4.86. The van der Waals surface area contributed by atoms with Crippen LogP contribution < -0.4 is 0 Å². The lowest BCUT2D eigenvalue weighted by molar-refractivity contribution is 0.802. The van der Waals surface area contributed by atoms with E-state index in [0.29, 0.717) is 0 Å². The molecule has 0 radical (unpaired) electrons. The predicted molar refractivity (Wildman–Crippen MR) is 284 cm³/mol. The van der Waals surface area contributed by atoms with E-state index in [1.165, 1.54) is 143 Å². The normalized spacial score (nSPS) is 13.2. The fourth-order valence-corrected chi connectivity index (χ4v) is 12.8. The summed E-state index contributed by atoms with van der Waals surface area (Å²) in [6, 6.07) is 91.4. The van der Waals surface area contributed by atoms with E-state index in [-0.39, 0.29) is 0 Å². The molecule has 0 atom stereocenters. The highest BCUT2D eigenvalue weighted by atomic mass is 14.5. The van der Waals surface area contributed by atoms with Gasteiger partial charge in [-0.15, -0.1) is 0 Å². The quantitative estimate of drug-likeness (QED) is 0.123. The van der Waals surface area contributed by atoms with Gasteiger partial charge in [-0.1, -0.05) is 231 Å². The predicted octanol–water partition coefficient (Wildman–Crippen LogP) is 18.0. The van der Waals surface area contributed by atoms with E-state index in [1.54, 1.807) is 0 Å². The molecule has 0 fully saturated rings. The molecular formula is C67H40. The van der Waals surface area contributed by atoms with Crippen molar-refractivity contribution in [2.75, 3.05) is 0 Å². The van der Waals surface area contributed by atoms with Crippen LogP contribution in [0.1, 0.15) is 22.3 Å². The Morgan fingerprint density at radius 2 is 0.657 bits per heavy atom. The zero-order valence-corrected chi connectivity index (χ0v) is 36.6. The summed E-state index contributed by atoms with van der Waals surface area (Å²) < 4.78 is 0. The molecule has 1 spiro atoms. The van der Waals surface area contributed by atoms with Crippen molar-refractivity contribution in [2.24, 2.45) is 0 Å². The fraction of sp³-hybridized carbons (Fsp3) is 0.0149. The molecule has 0 aliphatic heterocycles. The molecule has 0 saturated carbocycles. The van der Waals surface area contributed by atoms with Gasteiger partial charge in [0.25, 0.3) is 0 Å². The highest BCUT2D eigenvalue weighted by Gasteiger charge is 2.53. The molecule has 0 unspecified atom stereocenters. The molecule has 0 amide bonds. The van der Waals surface area contributed by atoms with E-state index in [0.717, 1.165) is 0 Å². The van der Waals surface area contributed by atoms with Crippen molar-refractivity contribution in [2.45, 2.75) is 5.41 Å². The molecule has 13 aromatic rings. The Bertz CT molecular complexity index is 4160. The van der Waals surface area contributed by atoms with Crippen LogP contribution in [0.5, 0.6) is 0 Å². The highest BCUT2D eigenvalue weighted by molar-refractivity contribution is 6.26. The summed E-state index contributed by atoms with van der Waals surface area (Å²) in [5, 5.41) is 15.3. The number of hydrogen-bond acceptors (Lipinski definition) is 0. The lowest BCUT2D eigenvalue weighted by Gasteiger charge is -2.32. The number of fused-ring (bicyclic) bond motifs is 19. The lowest BCUT2D eigenvalue weighted by atomic mass is 9.69. The molecule has 0 N–H and O–H groups in total. The Kier molecular flexibility index (Phi) is 7.52. The molecule has 67 heavy (non-hydrogen) atoms. The van der Waals surface area contributed by atoms with Crippen LogP contribution in [0.15, 0.2) is 243 Å². The van der Waals surface area contributed by atoms with Crippen molar-refractivity contribution in [1.82, 2.24) is 0 Å². The summed E-state index contributed by atoms with van der Waals surface area (Å²) in [7, 11) is 0. The number of hydrogen-bond donors (Lipinski definition) is 0. The zero-order valence-electron chi connectivity index (χ0n) is 36.6. The maximum absolute atomic E-state index is 2.56. The van der Waals surface area contributed by atoms with E-state index < -0.39 is 5.41 Å². The molecule has 13 aromatic carbocycles. The van der Waals surface area contributed by atoms with E-state index in [9.17, 15) is 0 Å². The standard InChI is InChI=1S/C67H40/c1-4-20-46-41(17-1)37-38-57-65-52-26-8-7-23-49(52)58(40-62(65)67(66(46)57)60-31-15-13-24-50(60)51-25-14-16-32-61(51)67)42-33-35-43(36-34-42)63-53-27-9-11-29-55(53)64(56-30-12-10-28-54(56)63)59-39-44-18-2-3-19-45(44)47-21-5-6-22-48(47)59/h1-40H. The van der Waals surface area contributed by atoms with Gasteiger partial charge in [-0.3, -0.25) is 0 Å². The summed E-state index contributed by atoms with van der Waals surface area (Å²) >= 11 is 0. The van der Waals surface area contributed by atoms with Gasteiger partial charge in [-0.2, -0.15) is 0 Å². The van der Waals surface area contributed by atoms with Gasteiger partial charge in [0.05, 0.1) is 5.41 Å². The average molecular weight is 845 g/mol. The zero-order chi connectivity index (χ0) is 43.8. The van der Waals surface area contributed by atoms with Crippen LogP contribution in [0.25, 0.3) is 120 Å². The minimum absolute atomic E-state index is 0.479. The van der Waals surface area contributed by atoms with E-state index >= 15 is 0 Å². The van der Waals surface area contributed by atoms with Crippen molar-refractivity contribution in [3.05, 3.63) is 265 Å². The summed E-state index contributed by atoms with van der Waals surface area (Å²) in [5.74, 6) is 0. The molecule has 2 aliphatic carbocycles. The Morgan fingerprint density at radius 3 is 1.28 bits per heavy atom. The minimum atomic E-state index is -0.479. The van der Waals surface area contributed by atoms with Crippen molar-refractivity contribution in [3.8, 4) is 55.6 Å². The Balaban J connectivity index is 0.970. The van der Waals surface area contributed by atoms with Crippen molar-refractivity contribution >= 4 is 64.6 Å². The maximum atomic E-state index is 2.56. The van der Waals surface area contributed by atoms with Crippen molar-refractivity contribution in [3.63, 3.8) is 0 Å². The van der Waals surface area contributed by atoms with Gasteiger partial charge in [0.15, 0.2) is 0 Å². The highest BCUT2D eigenvalue weighted by Crippen LogP contribution is 2.65. The number of benzene rings is 13. The summed E-state index contributed by atoms with van der Waals surface area (Å²) in [4.78, 5) is 0. The monoisotopic (exact) mass is 844 g/mol. The van der Waals surface area contributed by atoms with Crippen LogP contribution in [0.3, 0.4) is 0 Å². The molecule has 0 bridgehead atoms. The molecule has 0 aromatic heterocycles. The fourth-order valence-electron chi connectivity index (χ4n) is 12.8. The van der Waals surface area contributed by atoms with Crippen molar-refractivity contribution < 1.29 is 0 Å². The second-order valence-electron chi connectivity index (χ2n) is 18.6. The topological polar surface area (TPSA) is 0 Å². The molecule has 308 valence electrons. The van der Waals surface area contributed by atoms with E-state index in [4.69, 9.17) is 0 Å². The van der Waals surface area contributed by atoms with Gasteiger partial charge < -0.3 is 0 Å². The molecule has 0 heteroatoms.